The number of nitrogens with one attached hydrogen (secondary N) is 1. The number of benzene rings is 1. The molecule has 0 unspecified atom stereocenters. The fourth-order valence-corrected chi connectivity index (χ4v) is 2.68. The van der Waals surface area contributed by atoms with Gasteiger partial charge in [0.15, 0.2) is 0 Å². The Labute approximate surface area is 132 Å². The van der Waals surface area contributed by atoms with Gasteiger partial charge >= 0.3 is 6.18 Å². The standard InChI is InChI=1S/C14H17F5N2.ClH/c15-13(16)9-12(21-7-5-20-6-8-21)10-3-1-2-4-11(10)14(17,18)19;/h1-4,12-13,20H,5-9H2;1H/t12-;/m1./s1. The van der Waals surface area contributed by atoms with Crippen molar-refractivity contribution in [1.82, 2.24) is 10.2 Å². The molecule has 0 bridgehead atoms. The fourth-order valence-electron chi connectivity index (χ4n) is 2.68. The van der Waals surface area contributed by atoms with Gasteiger partial charge < -0.3 is 5.32 Å². The van der Waals surface area contributed by atoms with Gasteiger partial charge in [0.05, 0.1) is 5.56 Å². The molecule has 0 saturated carbocycles. The summed E-state index contributed by atoms with van der Waals surface area (Å²) >= 11 is 0. The highest BCUT2D eigenvalue weighted by molar-refractivity contribution is 5.85. The Morgan fingerprint density at radius 3 is 2.23 bits per heavy atom. The molecule has 1 heterocycles. The fraction of sp³-hybridized carbons (Fsp3) is 0.571. The van der Waals surface area contributed by atoms with Crippen molar-refractivity contribution in [1.29, 1.82) is 0 Å². The highest BCUT2D eigenvalue weighted by Crippen LogP contribution is 2.38. The molecule has 1 aromatic carbocycles. The molecule has 1 N–H and O–H groups in total. The van der Waals surface area contributed by atoms with E-state index in [2.05, 4.69) is 5.32 Å². The largest absolute Gasteiger partial charge is 0.416 e. The Morgan fingerprint density at radius 1 is 1.09 bits per heavy atom. The van der Waals surface area contributed by atoms with Gasteiger partial charge in [-0.15, -0.1) is 12.4 Å². The third kappa shape index (κ3) is 4.79. The summed E-state index contributed by atoms with van der Waals surface area (Å²) in [5, 5.41) is 3.07. The average Bonchev–Trinajstić information content (AvgIpc) is 2.44. The maximum Gasteiger partial charge on any atom is 0.416 e. The van der Waals surface area contributed by atoms with Crippen LogP contribution in [0.15, 0.2) is 24.3 Å². The zero-order valence-corrected chi connectivity index (χ0v) is 12.6. The minimum atomic E-state index is -4.54. The van der Waals surface area contributed by atoms with Crippen molar-refractivity contribution in [3.05, 3.63) is 35.4 Å². The molecule has 2 nitrogen and oxygen atoms in total. The molecule has 22 heavy (non-hydrogen) atoms. The van der Waals surface area contributed by atoms with E-state index in [9.17, 15) is 22.0 Å². The molecule has 0 spiro atoms. The van der Waals surface area contributed by atoms with Crippen LogP contribution in [0.3, 0.4) is 0 Å². The number of hydrogen-bond donors (Lipinski definition) is 1. The molecule has 0 aliphatic carbocycles. The number of nitrogens with zero attached hydrogens (tertiary/aromatic N) is 1. The second-order valence-corrected chi connectivity index (χ2v) is 5.01. The summed E-state index contributed by atoms with van der Waals surface area (Å²) in [6.45, 7) is 2.11. The second-order valence-electron chi connectivity index (χ2n) is 5.01. The van der Waals surface area contributed by atoms with E-state index in [1.165, 1.54) is 18.2 Å². The van der Waals surface area contributed by atoms with Crippen LogP contribution < -0.4 is 5.32 Å². The van der Waals surface area contributed by atoms with Gasteiger partial charge in [-0.2, -0.15) is 13.2 Å². The zero-order valence-electron chi connectivity index (χ0n) is 11.7. The van der Waals surface area contributed by atoms with E-state index in [4.69, 9.17) is 0 Å². The summed E-state index contributed by atoms with van der Waals surface area (Å²) in [5.74, 6) is 0. The predicted molar refractivity (Wildman–Crippen MR) is 76.5 cm³/mol. The average molecular weight is 345 g/mol. The van der Waals surface area contributed by atoms with Crippen molar-refractivity contribution in [2.75, 3.05) is 26.2 Å². The van der Waals surface area contributed by atoms with Crippen LogP contribution in [-0.2, 0) is 6.18 Å². The van der Waals surface area contributed by atoms with Crippen molar-refractivity contribution in [3.63, 3.8) is 0 Å². The molecular weight excluding hydrogens is 327 g/mol. The van der Waals surface area contributed by atoms with Crippen LogP contribution in [0, 0.1) is 0 Å². The molecule has 1 atom stereocenters. The Balaban J connectivity index is 0.00000242. The van der Waals surface area contributed by atoms with Crippen LogP contribution in [-0.4, -0.2) is 37.5 Å². The molecule has 1 aliphatic heterocycles. The Morgan fingerprint density at radius 2 is 1.68 bits per heavy atom. The number of rotatable bonds is 4. The lowest BCUT2D eigenvalue weighted by Gasteiger charge is -2.36. The van der Waals surface area contributed by atoms with Crippen molar-refractivity contribution in [2.45, 2.75) is 25.1 Å². The van der Waals surface area contributed by atoms with Crippen LogP contribution in [0.2, 0.25) is 0 Å². The highest BCUT2D eigenvalue weighted by atomic mass is 35.5. The molecule has 1 fully saturated rings. The van der Waals surface area contributed by atoms with Gasteiger partial charge in [-0.1, -0.05) is 18.2 Å². The van der Waals surface area contributed by atoms with E-state index in [0.29, 0.717) is 26.2 Å². The van der Waals surface area contributed by atoms with E-state index in [-0.39, 0.29) is 18.0 Å². The van der Waals surface area contributed by atoms with Gasteiger partial charge in [0, 0.05) is 38.6 Å². The first-order chi connectivity index (χ1) is 9.89. The summed E-state index contributed by atoms with van der Waals surface area (Å²) in [7, 11) is 0. The number of hydrogen-bond acceptors (Lipinski definition) is 2. The maximum absolute atomic E-state index is 13.1. The van der Waals surface area contributed by atoms with E-state index in [1.54, 1.807) is 4.90 Å². The number of halogens is 6. The number of piperazine rings is 1. The molecule has 2 rings (SSSR count). The van der Waals surface area contributed by atoms with Crippen molar-refractivity contribution < 1.29 is 22.0 Å². The highest BCUT2D eigenvalue weighted by Gasteiger charge is 2.37. The SMILES string of the molecule is Cl.FC(F)C[C@H](c1ccccc1C(F)(F)F)N1CCNCC1. The molecule has 1 aliphatic rings. The minimum Gasteiger partial charge on any atom is -0.314 e. The van der Waals surface area contributed by atoms with Gasteiger partial charge in [0.25, 0.3) is 0 Å². The second kappa shape index (κ2) is 8.08. The first-order valence-electron chi connectivity index (χ1n) is 6.78. The van der Waals surface area contributed by atoms with Crippen molar-refractivity contribution in [3.8, 4) is 0 Å². The predicted octanol–water partition coefficient (Wildman–Crippen LogP) is 3.73. The van der Waals surface area contributed by atoms with E-state index >= 15 is 0 Å². The van der Waals surface area contributed by atoms with Crippen LogP contribution in [0.4, 0.5) is 22.0 Å². The van der Waals surface area contributed by atoms with Crippen LogP contribution in [0.5, 0.6) is 0 Å². The lowest BCUT2D eigenvalue weighted by molar-refractivity contribution is -0.139. The lowest BCUT2D eigenvalue weighted by atomic mass is 9.95. The first-order valence-corrected chi connectivity index (χ1v) is 6.78. The molecule has 0 radical (unpaired) electrons. The summed E-state index contributed by atoms with van der Waals surface area (Å²) < 4.78 is 64.9. The molecular formula is C14H18ClF5N2. The van der Waals surface area contributed by atoms with Crippen LogP contribution >= 0.6 is 12.4 Å². The summed E-state index contributed by atoms with van der Waals surface area (Å²) in [4.78, 5) is 1.70. The topological polar surface area (TPSA) is 15.3 Å². The van der Waals surface area contributed by atoms with Gasteiger partial charge in [-0.25, -0.2) is 8.78 Å². The smallest absolute Gasteiger partial charge is 0.314 e. The van der Waals surface area contributed by atoms with Crippen LogP contribution in [0.25, 0.3) is 0 Å². The maximum atomic E-state index is 13.1. The normalized spacial score (nSPS) is 18.1. The minimum absolute atomic E-state index is 0. The van der Waals surface area contributed by atoms with Gasteiger partial charge in [-0.3, -0.25) is 4.90 Å². The zero-order chi connectivity index (χ0) is 15.5. The molecule has 126 valence electrons. The van der Waals surface area contributed by atoms with Gasteiger partial charge in [0.1, 0.15) is 0 Å². The van der Waals surface area contributed by atoms with Gasteiger partial charge in [0.2, 0.25) is 6.43 Å². The summed E-state index contributed by atoms with van der Waals surface area (Å²) in [6.07, 6.45) is -7.77. The van der Waals surface area contributed by atoms with Gasteiger partial charge in [-0.05, 0) is 11.6 Å². The Kier molecular flexibility index (Phi) is 7.02. The van der Waals surface area contributed by atoms with E-state index in [0.717, 1.165) is 6.07 Å². The quantitative estimate of drug-likeness (QED) is 0.837. The lowest BCUT2D eigenvalue weighted by Crippen LogP contribution is -2.45. The van der Waals surface area contributed by atoms with Crippen molar-refractivity contribution >= 4 is 12.4 Å². The number of alkyl halides is 5. The van der Waals surface area contributed by atoms with E-state index < -0.39 is 30.6 Å². The summed E-state index contributed by atoms with van der Waals surface area (Å²) in [6, 6.07) is 4.09. The van der Waals surface area contributed by atoms with E-state index in [1.807, 2.05) is 0 Å². The molecule has 0 aromatic heterocycles. The van der Waals surface area contributed by atoms with Crippen molar-refractivity contribution in [2.24, 2.45) is 0 Å². The van der Waals surface area contributed by atoms with Crippen LogP contribution in [0.1, 0.15) is 23.6 Å². The third-order valence-corrected chi connectivity index (χ3v) is 3.62. The summed E-state index contributed by atoms with van der Waals surface area (Å²) in [5.41, 5.74) is -0.888. The third-order valence-electron chi connectivity index (χ3n) is 3.62. The molecule has 1 saturated heterocycles. The Hall–Kier alpha value is -0.920. The molecule has 1 aromatic rings. The molecule has 0 amide bonds. The monoisotopic (exact) mass is 344 g/mol. The first kappa shape index (κ1) is 19.1. The molecule has 8 heteroatoms. The Bertz CT molecular complexity index is 461.